The van der Waals surface area contributed by atoms with Gasteiger partial charge < -0.3 is 20.7 Å². The number of amides is 1. The lowest BCUT2D eigenvalue weighted by atomic mass is 10.2. The molecule has 10 heteroatoms. The van der Waals surface area contributed by atoms with Crippen molar-refractivity contribution >= 4 is 12.1 Å². The Bertz CT molecular complexity index is 422. The number of ether oxygens (including phenoxy) is 1. The molecule has 3 N–H and O–H groups in total. The smallest absolute Gasteiger partial charge is 0.407 e. The SMILES string of the molecule is CN=C(NCCCN(C)CC(F)(F)F)NCCNC(=O)OC(C)(C)C. The molecule has 0 saturated carbocycles. The molecule has 0 heterocycles. The number of nitrogens with one attached hydrogen (secondary N) is 3. The monoisotopic (exact) mass is 369 g/mol. The van der Waals surface area contributed by atoms with Crippen LogP contribution in [0, 0.1) is 0 Å². The van der Waals surface area contributed by atoms with Gasteiger partial charge in [0.15, 0.2) is 5.96 Å². The highest BCUT2D eigenvalue weighted by Gasteiger charge is 2.28. The van der Waals surface area contributed by atoms with Gasteiger partial charge in [0.1, 0.15) is 5.60 Å². The fourth-order valence-electron chi connectivity index (χ4n) is 1.82. The summed E-state index contributed by atoms with van der Waals surface area (Å²) in [5.74, 6) is 0.518. The Hall–Kier alpha value is -1.71. The Morgan fingerprint density at radius 3 is 2.16 bits per heavy atom. The molecular formula is C15H30F3N5O2. The molecule has 0 aromatic heterocycles. The molecular weight excluding hydrogens is 339 g/mol. The molecule has 0 radical (unpaired) electrons. The number of rotatable bonds is 8. The number of carbonyl (C=O) groups excluding carboxylic acids is 1. The Balaban J connectivity index is 3.82. The Morgan fingerprint density at radius 2 is 1.64 bits per heavy atom. The zero-order chi connectivity index (χ0) is 19.5. The fraction of sp³-hybridized carbons (Fsp3) is 0.867. The van der Waals surface area contributed by atoms with Crippen LogP contribution in [0.2, 0.25) is 0 Å². The Morgan fingerprint density at radius 1 is 1.08 bits per heavy atom. The first kappa shape index (κ1) is 23.3. The van der Waals surface area contributed by atoms with E-state index in [1.165, 1.54) is 11.9 Å². The van der Waals surface area contributed by atoms with Crippen molar-refractivity contribution in [3.63, 3.8) is 0 Å². The second kappa shape index (κ2) is 11.0. The summed E-state index contributed by atoms with van der Waals surface area (Å²) in [5.41, 5.74) is -0.547. The molecule has 0 aliphatic rings. The van der Waals surface area contributed by atoms with Gasteiger partial charge in [-0.25, -0.2) is 4.79 Å². The number of nitrogens with zero attached hydrogens (tertiary/aromatic N) is 2. The van der Waals surface area contributed by atoms with Crippen molar-refractivity contribution in [2.75, 3.05) is 46.8 Å². The molecule has 7 nitrogen and oxygen atoms in total. The molecule has 0 saturated heterocycles. The number of aliphatic imine (C=N–C) groups is 1. The predicted octanol–water partition coefficient (Wildman–Crippen LogP) is 1.56. The topological polar surface area (TPSA) is 78.0 Å². The number of alkyl halides is 3. The van der Waals surface area contributed by atoms with E-state index in [9.17, 15) is 18.0 Å². The zero-order valence-corrected chi connectivity index (χ0v) is 15.6. The van der Waals surface area contributed by atoms with Crippen molar-refractivity contribution in [2.24, 2.45) is 4.99 Å². The van der Waals surface area contributed by atoms with Gasteiger partial charge in [0.25, 0.3) is 0 Å². The van der Waals surface area contributed by atoms with Crippen molar-refractivity contribution in [3.05, 3.63) is 0 Å². The number of hydrogen-bond donors (Lipinski definition) is 3. The van der Waals surface area contributed by atoms with E-state index in [2.05, 4.69) is 20.9 Å². The van der Waals surface area contributed by atoms with E-state index in [4.69, 9.17) is 4.74 Å². The normalized spacial score (nSPS) is 12.9. The first-order valence-corrected chi connectivity index (χ1v) is 8.09. The van der Waals surface area contributed by atoms with E-state index >= 15 is 0 Å². The third kappa shape index (κ3) is 15.6. The maximum atomic E-state index is 12.2. The zero-order valence-electron chi connectivity index (χ0n) is 15.6. The first-order chi connectivity index (χ1) is 11.4. The van der Waals surface area contributed by atoms with Gasteiger partial charge in [0.05, 0.1) is 6.54 Å². The number of alkyl carbamates (subject to hydrolysis) is 1. The molecule has 0 atom stereocenters. The van der Waals surface area contributed by atoms with Crippen LogP contribution in [0.3, 0.4) is 0 Å². The van der Waals surface area contributed by atoms with E-state index < -0.39 is 24.4 Å². The minimum Gasteiger partial charge on any atom is -0.444 e. The van der Waals surface area contributed by atoms with Crippen LogP contribution in [-0.4, -0.2) is 75.5 Å². The van der Waals surface area contributed by atoms with Crippen LogP contribution < -0.4 is 16.0 Å². The lowest BCUT2D eigenvalue weighted by molar-refractivity contribution is -0.143. The molecule has 0 fully saturated rings. The van der Waals surface area contributed by atoms with Gasteiger partial charge in [-0.2, -0.15) is 13.2 Å². The van der Waals surface area contributed by atoms with Crippen molar-refractivity contribution < 1.29 is 22.7 Å². The summed E-state index contributed by atoms with van der Waals surface area (Å²) in [5, 5.41) is 8.59. The summed E-state index contributed by atoms with van der Waals surface area (Å²) in [6.07, 6.45) is -4.13. The highest BCUT2D eigenvalue weighted by molar-refractivity contribution is 5.79. The number of halogens is 3. The Labute approximate surface area is 147 Å². The second-order valence-corrected chi connectivity index (χ2v) is 6.56. The summed E-state index contributed by atoms with van der Waals surface area (Å²) in [4.78, 5) is 16.7. The summed E-state index contributed by atoms with van der Waals surface area (Å²) >= 11 is 0. The van der Waals surface area contributed by atoms with Gasteiger partial charge in [0.2, 0.25) is 0 Å². The lowest BCUT2D eigenvalue weighted by Crippen LogP contribution is -2.43. The van der Waals surface area contributed by atoms with E-state index in [1.54, 1.807) is 27.8 Å². The Kier molecular flexibility index (Phi) is 10.3. The van der Waals surface area contributed by atoms with Gasteiger partial charge >= 0.3 is 12.3 Å². The van der Waals surface area contributed by atoms with E-state index in [0.717, 1.165) is 0 Å². The number of carbonyl (C=O) groups is 1. The van der Waals surface area contributed by atoms with Gasteiger partial charge in [0, 0.05) is 26.7 Å². The maximum Gasteiger partial charge on any atom is 0.407 e. The number of guanidine groups is 1. The summed E-state index contributed by atoms with van der Waals surface area (Å²) in [7, 11) is 3.02. The van der Waals surface area contributed by atoms with Gasteiger partial charge in [-0.15, -0.1) is 0 Å². The third-order valence-corrected chi connectivity index (χ3v) is 2.77. The number of hydrogen-bond acceptors (Lipinski definition) is 4. The molecule has 0 unspecified atom stereocenters. The van der Waals surface area contributed by atoms with E-state index in [-0.39, 0.29) is 0 Å². The summed E-state index contributed by atoms with van der Waals surface area (Å²) < 4.78 is 41.7. The lowest BCUT2D eigenvalue weighted by Gasteiger charge is -2.20. The minimum absolute atomic E-state index is 0.323. The standard InChI is InChI=1S/C15H30F3N5O2/c1-14(2,3)25-13(24)22-9-8-21-12(19-4)20-7-6-10-23(5)11-15(16,17)18/h6-11H2,1-5H3,(H,22,24)(H2,19,20,21). The van der Waals surface area contributed by atoms with Crippen molar-refractivity contribution in [1.29, 1.82) is 0 Å². The predicted molar refractivity (Wildman–Crippen MR) is 91.8 cm³/mol. The van der Waals surface area contributed by atoms with Crippen LogP contribution in [0.1, 0.15) is 27.2 Å². The van der Waals surface area contributed by atoms with Crippen LogP contribution in [0.5, 0.6) is 0 Å². The molecule has 0 bridgehead atoms. The second-order valence-electron chi connectivity index (χ2n) is 6.56. The van der Waals surface area contributed by atoms with Gasteiger partial charge in [-0.1, -0.05) is 0 Å². The molecule has 1 amide bonds. The molecule has 0 aliphatic heterocycles. The summed E-state index contributed by atoms with van der Waals surface area (Å²) in [6, 6.07) is 0. The highest BCUT2D eigenvalue weighted by atomic mass is 19.4. The molecule has 148 valence electrons. The average molecular weight is 369 g/mol. The minimum atomic E-state index is -4.18. The van der Waals surface area contributed by atoms with Crippen molar-refractivity contribution in [2.45, 2.75) is 39.0 Å². The quantitative estimate of drug-likeness (QED) is 0.344. The van der Waals surface area contributed by atoms with E-state index in [0.29, 0.717) is 38.6 Å². The highest BCUT2D eigenvalue weighted by Crippen LogP contribution is 2.15. The first-order valence-electron chi connectivity index (χ1n) is 8.09. The van der Waals surface area contributed by atoms with Gasteiger partial charge in [-0.3, -0.25) is 9.89 Å². The fourth-order valence-corrected chi connectivity index (χ4v) is 1.82. The average Bonchev–Trinajstić information content (AvgIpc) is 2.41. The van der Waals surface area contributed by atoms with Crippen LogP contribution in [0.25, 0.3) is 0 Å². The van der Waals surface area contributed by atoms with Gasteiger partial charge in [-0.05, 0) is 40.8 Å². The molecule has 0 spiro atoms. The van der Waals surface area contributed by atoms with Crippen LogP contribution in [0.4, 0.5) is 18.0 Å². The largest absolute Gasteiger partial charge is 0.444 e. The maximum absolute atomic E-state index is 12.2. The molecule has 0 aliphatic carbocycles. The van der Waals surface area contributed by atoms with Crippen LogP contribution >= 0.6 is 0 Å². The van der Waals surface area contributed by atoms with Crippen molar-refractivity contribution in [3.8, 4) is 0 Å². The van der Waals surface area contributed by atoms with E-state index in [1.807, 2.05) is 0 Å². The molecule has 0 aromatic carbocycles. The summed E-state index contributed by atoms with van der Waals surface area (Å²) in [6.45, 7) is 6.02. The molecule has 0 aromatic rings. The third-order valence-electron chi connectivity index (χ3n) is 2.77. The molecule has 25 heavy (non-hydrogen) atoms. The molecule has 0 rings (SSSR count). The van der Waals surface area contributed by atoms with Crippen LogP contribution in [0.15, 0.2) is 4.99 Å². The van der Waals surface area contributed by atoms with Crippen LogP contribution in [-0.2, 0) is 4.74 Å². The van der Waals surface area contributed by atoms with Crippen molar-refractivity contribution in [1.82, 2.24) is 20.9 Å².